The largest absolute Gasteiger partial charge is 0.342 e. The van der Waals surface area contributed by atoms with Crippen molar-refractivity contribution >= 4 is 21.9 Å². The van der Waals surface area contributed by atoms with Crippen LogP contribution in [0.4, 0.5) is 5.95 Å². The summed E-state index contributed by atoms with van der Waals surface area (Å²) in [4.78, 5) is 21.4. The van der Waals surface area contributed by atoms with Crippen LogP contribution in [0.5, 0.6) is 0 Å². The molecule has 1 aliphatic rings. The fraction of sp³-hybridized carbons (Fsp3) is 0.667. The predicted molar refractivity (Wildman–Crippen MR) is 72.7 cm³/mol. The standard InChI is InChI=1S/C12H18BrN3O/c1-8(2)10-9(13)11(17)15-12(14-10)16-6-4-3-5-7-16/h8H,3-7H2,1-2H3,(H,14,15,17). The predicted octanol–water partition coefficient (Wildman–Crippen LogP) is 2.65. The van der Waals surface area contributed by atoms with Crippen LogP contribution in [0.25, 0.3) is 0 Å². The van der Waals surface area contributed by atoms with Gasteiger partial charge in [-0.2, -0.15) is 0 Å². The Morgan fingerprint density at radius 1 is 1.29 bits per heavy atom. The normalized spacial score (nSPS) is 16.6. The molecule has 17 heavy (non-hydrogen) atoms. The molecule has 4 nitrogen and oxygen atoms in total. The van der Waals surface area contributed by atoms with E-state index in [1.165, 1.54) is 19.3 Å². The zero-order valence-corrected chi connectivity index (χ0v) is 11.9. The number of hydrogen-bond acceptors (Lipinski definition) is 3. The maximum absolute atomic E-state index is 11.8. The summed E-state index contributed by atoms with van der Waals surface area (Å²) in [5, 5.41) is 0. The van der Waals surface area contributed by atoms with Crippen molar-refractivity contribution in [1.29, 1.82) is 0 Å². The molecule has 2 heterocycles. The van der Waals surface area contributed by atoms with Crippen molar-refractivity contribution in [3.05, 3.63) is 20.5 Å². The molecule has 1 aromatic rings. The fourth-order valence-corrected chi connectivity index (χ4v) is 2.75. The number of anilines is 1. The molecule has 0 atom stereocenters. The molecule has 0 spiro atoms. The number of H-pyrrole nitrogens is 1. The van der Waals surface area contributed by atoms with Crippen molar-refractivity contribution in [3.63, 3.8) is 0 Å². The number of aromatic amines is 1. The Balaban J connectivity index is 2.37. The molecular formula is C12H18BrN3O. The number of piperidine rings is 1. The highest BCUT2D eigenvalue weighted by molar-refractivity contribution is 9.10. The van der Waals surface area contributed by atoms with Crippen LogP contribution >= 0.6 is 15.9 Å². The third-order valence-corrected chi connectivity index (χ3v) is 3.84. The molecule has 94 valence electrons. The molecular weight excluding hydrogens is 282 g/mol. The minimum atomic E-state index is -0.0794. The number of halogens is 1. The monoisotopic (exact) mass is 299 g/mol. The Morgan fingerprint density at radius 2 is 1.94 bits per heavy atom. The Hall–Kier alpha value is -0.840. The Labute approximate surface area is 110 Å². The third-order valence-electron chi connectivity index (χ3n) is 3.08. The first-order valence-electron chi connectivity index (χ1n) is 6.14. The van der Waals surface area contributed by atoms with E-state index in [-0.39, 0.29) is 11.5 Å². The lowest BCUT2D eigenvalue weighted by Gasteiger charge is -2.27. The van der Waals surface area contributed by atoms with E-state index in [0.29, 0.717) is 4.47 Å². The molecule has 2 rings (SSSR count). The van der Waals surface area contributed by atoms with Crippen molar-refractivity contribution in [2.75, 3.05) is 18.0 Å². The van der Waals surface area contributed by atoms with Gasteiger partial charge in [0, 0.05) is 13.1 Å². The highest BCUT2D eigenvalue weighted by Gasteiger charge is 2.17. The molecule has 0 unspecified atom stereocenters. The van der Waals surface area contributed by atoms with E-state index in [9.17, 15) is 4.79 Å². The molecule has 0 aromatic carbocycles. The van der Waals surface area contributed by atoms with Gasteiger partial charge < -0.3 is 4.90 Å². The molecule has 0 saturated carbocycles. The van der Waals surface area contributed by atoms with E-state index < -0.39 is 0 Å². The molecule has 1 aromatic heterocycles. The number of nitrogens with one attached hydrogen (secondary N) is 1. The minimum Gasteiger partial charge on any atom is -0.342 e. The molecule has 0 aliphatic carbocycles. The molecule has 1 N–H and O–H groups in total. The molecule has 0 amide bonds. The van der Waals surface area contributed by atoms with Crippen molar-refractivity contribution in [2.45, 2.75) is 39.0 Å². The fourth-order valence-electron chi connectivity index (χ4n) is 2.10. The van der Waals surface area contributed by atoms with Crippen molar-refractivity contribution < 1.29 is 0 Å². The first-order valence-corrected chi connectivity index (χ1v) is 6.93. The van der Waals surface area contributed by atoms with Gasteiger partial charge in [-0.25, -0.2) is 4.98 Å². The van der Waals surface area contributed by atoms with Crippen LogP contribution in [-0.2, 0) is 0 Å². The Kier molecular flexibility index (Phi) is 3.86. The van der Waals surface area contributed by atoms with Crippen LogP contribution in [0.3, 0.4) is 0 Å². The van der Waals surface area contributed by atoms with Gasteiger partial charge >= 0.3 is 0 Å². The van der Waals surface area contributed by atoms with Gasteiger partial charge in [0.25, 0.3) is 5.56 Å². The summed E-state index contributed by atoms with van der Waals surface area (Å²) in [6.45, 7) is 6.07. The number of hydrogen-bond donors (Lipinski definition) is 1. The number of rotatable bonds is 2. The van der Waals surface area contributed by atoms with E-state index in [0.717, 1.165) is 24.7 Å². The second-order valence-electron chi connectivity index (χ2n) is 4.79. The summed E-state index contributed by atoms with van der Waals surface area (Å²) in [6, 6.07) is 0. The SMILES string of the molecule is CC(C)c1nc(N2CCCCC2)[nH]c(=O)c1Br. The van der Waals surface area contributed by atoms with Gasteiger partial charge in [-0.3, -0.25) is 9.78 Å². The number of aromatic nitrogens is 2. The second-order valence-corrected chi connectivity index (χ2v) is 5.58. The Bertz CT molecular complexity index is 450. The van der Waals surface area contributed by atoms with Crippen molar-refractivity contribution in [3.8, 4) is 0 Å². The summed E-state index contributed by atoms with van der Waals surface area (Å²) in [6.07, 6.45) is 3.63. The van der Waals surface area contributed by atoms with Crippen LogP contribution in [0.15, 0.2) is 9.27 Å². The maximum Gasteiger partial charge on any atom is 0.266 e. The van der Waals surface area contributed by atoms with Crippen LogP contribution in [0, 0.1) is 0 Å². The highest BCUT2D eigenvalue weighted by atomic mass is 79.9. The average Bonchev–Trinajstić information content (AvgIpc) is 2.33. The molecule has 0 radical (unpaired) electrons. The van der Waals surface area contributed by atoms with Gasteiger partial charge in [0.05, 0.1) is 5.69 Å². The van der Waals surface area contributed by atoms with Gasteiger partial charge in [0.2, 0.25) is 5.95 Å². The molecule has 0 bridgehead atoms. The van der Waals surface area contributed by atoms with Gasteiger partial charge in [-0.15, -0.1) is 0 Å². The average molecular weight is 300 g/mol. The maximum atomic E-state index is 11.8. The zero-order chi connectivity index (χ0) is 12.4. The van der Waals surface area contributed by atoms with Gasteiger partial charge in [0.1, 0.15) is 4.47 Å². The lowest BCUT2D eigenvalue weighted by atomic mass is 10.1. The number of nitrogens with zero attached hydrogens (tertiary/aromatic N) is 2. The van der Waals surface area contributed by atoms with Crippen LogP contribution in [-0.4, -0.2) is 23.1 Å². The highest BCUT2D eigenvalue weighted by Crippen LogP contribution is 2.22. The lowest BCUT2D eigenvalue weighted by molar-refractivity contribution is 0.565. The smallest absolute Gasteiger partial charge is 0.266 e. The zero-order valence-electron chi connectivity index (χ0n) is 10.3. The van der Waals surface area contributed by atoms with Gasteiger partial charge in [0.15, 0.2) is 0 Å². The minimum absolute atomic E-state index is 0.0794. The third kappa shape index (κ3) is 2.70. The second kappa shape index (κ2) is 5.21. The van der Waals surface area contributed by atoms with Gasteiger partial charge in [-0.1, -0.05) is 13.8 Å². The summed E-state index contributed by atoms with van der Waals surface area (Å²) in [5.74, 6) is 0.969. The lowest BCUT2D eigenvalue weighted by Crippen LogP contribution is -2.33. The van der Waals surface area contributed by atoms with Crippen LogP contribution in [0.2, 0.25) is 0 Å². The van der Waals surface area contributed by atoms with Crippen LogP contribution < -0.4 is 10.5 Å². The first kappa shape index (κ1) is 12.6. The van der Waals surface area contributed by atoms with E-state index in [1.807, 2.05) is 13.8 Å². The molecule has 1 saturated heterocycles. The topological polar surface area (TPSA) is 49.0 Å². The van der Waals surface area contributed by atoms with E-state index in [2.05, 4.69) is 30.8 Å². The molecule has 1 aliphatic heterocycles. The van der Waals surface area contributed by atoms with Crippen molar-refractivity contribution in [2.24, 2.45) is 0 Å². The summed E-state index contributed by atoms with van der Waals surface area (Å²) in [7, 11) is 0. The van der Waals surface area contributed by atoms with E-state index in [4.69, 9.17) is 0 Å². The first-order chi connectivity index (χ1) is 8.09. The molecule has 1 fully saturated rings. The van der Waals surface area contributed by atoms with E-state index >= 15 is 0 Å². The van der Waals surface area contributed by atoms with Crippen molar-refractivity contribution in [1.82, 2.24) is 9.97 Å². The Morgan fingerprint density at radius 3 is 2.53 bits per heavy atom. The van der Waals surface area contributed by atoms with Gasteiger partial charge in [-0.05, 0) is 41.1 Å². The molecule has 5 heteroatoms. The summed E-state index contributed by atoms with van der Waals surface area (Å²) >= 11 is 3.31. The van der Waals surface area contributed by atoms with E-state index in [1.54, 1.807) is 0 Å². The summed E-state index contributed by atoms with van der Waals surface area (Å²) < 4.78 is 0.563. The van der Waals surface area contributed by atoms with Crippen LogP contribution in [0.1, 0.15) is 44.7 Å². The summed E-state index contributed by atoms with van der Waals surface area (Å²) in [5.41, 5.74) is 0.763. The quantitative estimate of drug-likeness (QED) is 0.913.